The molecule has 0 unspecified atom stereocenters. The second-order valence-corrected chi connectivity index (χ2v) is 3.48. The quantitative estimate of drug-likeness (QED) is 0.608. The van der Waals surface area contributed by atoms with Gasteiger partial charge >= 0.3 is 0 Å². The molecular weight excluding hydrogens is 228 g/mol. The summed E-state index contributed by atoms with van der Waals surface area (Å²) in [6, 6.07) is 0. The molecule has 5 heteroatoms. The predicted octanol–water partition coefficient (Wildman–Crippen LogP) is -0.415. The van der Waals surface area contributed by atoms with Crippen molar-refractivity contribution in [3.8, 4) is 0 Å². The maximum atomic E-state index is 11.0. The van der Waals surface area contributed by atoms with Crippen LogP contribution in [0.3, 0.4) is 0 Å². The van der Waals surface area contributed by atoms with E-state index < -0.39 is 17.0 Å². The summed E-state index contributed by atoms with van der Waals surface area (Å²) >= 11 is 2.96. The first-order valence-electron chi connectivity index (χ1n) is 3.37. The summed E-state index contributed by atoms with van der Waals surface area (Å²) < 4.78 is 4.70. The Morgan fingerprint density at radius 1 is 1.58 bits per heavy atom. The standard InChI is InChI=1S/C7H9BrO4/c1-12-4-2-3(9)5(8)7(11)6(4)10/h2,5-7,10-11H,1H3/t5-,6-,7+/m0/s1. The number of aliphatic hydroxyl groups excluding tert-OH is 2. The molecule has 2 N–H and O–H groups in total. The van der Waals surface area contributed by atoms with Crippen molar-refractivity contribution in [2.75, 3.05) is 7.11 Å². The molecule has 4 nitrogen and oxygen atoms in total. The largest absolute Gasteiger partial charge is 0.498 e. The number of carbonyl (C=O) groups excluding carboxylic acids is 1. The number of carbonyl (C=O) groups is 1. The number of halogens is 1. The van der Waals surface area contributed by atoms with Crippen LogP contribution in [-0.4, -0.2) is 40.1 Å². The zero-order chi connectivity index (χ0) is 9.30. The van der Waals surface area contributed by atoms with Crippen molar-refractivity contribution in [3.05, 3.63) is 11.8 Å². The minimum Gasteiger partial charge on any atom is -0.498 e. The zero-order valence-electron chi connectivity index (χ0n) is 6.40. The Labute approximate surface area is 78.0 Å². The number of allylic oxidation sites excluding steroid dienone is 1. The van der Waals surface area contributed by atoms with E-state index in [4.69, 9.17) is 4.74 Å². The predicted molar refractivity (Wildman–Crippen MR) is 44.8 cm³/mol. The number of hydrogen-bond acceptors (Lipinski definition) is 4. The van der Waals surface area contributed by atoms with Gasteiger partial charge < -0.3 is 14.9 Å². The third-order valence-electron chi connectivity index (χ3n) is 1.71. The summed E-state index contributed by atoms with van der Waals surface area (Å²) in [5.74, 6) is -0.201. The average molecular weight is 237 g/mol. The molecule has 0 saturated heterocycles. The smallest absolute Gasteiger partial charge is 0.175 e. The van der Waals surface area contributed by atoms with Crippen molar-refractivity contribution in [3.63, 3.8) is 0 Å². The summed E-state index contributed by atoms with van der Waals surface area (Å²) in [5, 5.41) is 18.6. The Kier molecular flexibility index (Phi) is 2.87. The number of methoxy groups -OCH3 is 1. The van der Waals surface area contributed by atoms with Gasteiger partial charge in [-0.2, -0.15) is 0 Å². The molecule has 0 aliphatic heterocycles. The second-order valence-electron chi connectivity index (χ2n) is 2.49. The Bertz CT molecular complexity index is 225. The van der Waals surface area contributed by atoms with Gasteiger partial charge in [0.2, 0.25) is 0 Å². The molecule has 0 radical (unpaired) electrons. The minimum atomic E-state index is -1.14. The molecule has 12 heavy (non-hydrogen) atoms. The first-order chi connectivity index (χ1) is 5.57. The van der Waals surface area contributed by atoms with E-state index in [1.54, 1.807) is 0 Å². The van der Waals surface area contributed by atoms with Gasteiger partial charge in [0.1, 0.15) is 22.8 Å². The molecule has 0 heterocycles. The number of rotatable bonds is 1. The average Bonchev–Trinajstić information content (AvgIpc) is 2.08. The number of aliphatic hydroxyl groups is 2. The van der Waals surface area contributed by atoms with Crippen molar-refractivity contribution in [1.82, 2.24) is 0 Å². The second kappa shape index (κ2) is 3.55. The molecule has 68 valence electrons. The maximum Gasteiger partial charge on any atom is 0.175 e. The molecule has 1 aliphatic rings. The van der Waals surface area contributed by atoms with E-state index in [0.29, 0.717) is 0 Å². The Balaban J connectivity index is 2.91. The van der Waals surface area contributed by atoms with Crippen molar-refractivity contribution >= 4 is 21.7 Å². The molecule has 3 atom stereocenters. The molecular formula is C7H9BrO4. The molecule has 0 aromatic carbocycles. The molecule has 1 aliphatic carbocycles. The number of hydrogen-bond donors (Lipinski definition) is 2. The number of ether oxygens (including phenoxy) is 1. The Hall–Kier alpha value is -0.390. The highest BCUT2D eigenvalue weighted by atomic mass is 79.9. The van der Waals surface area contributed by atoms with Gasteiger partial charge in [-0.15, -0.1) is 0 Å². The third kappa shape index (κ3) is 1.53. The molecule has 0 bridgehead atoms. The SMILES string of the molecule is COC1=CC(=O)[C@H](Br)[C@@H](O)[C@H]1O. The lowest BCUT2D eigenvalue weighted by atomic mass is 9.99. The van der Waals surface area contributed by atoms with E-state index in [9.17, 15) is 15.0 Å². The van der Waals surface area contributed by atoms with E-state index in [1.807, 2.05) is 0 Å². The van der Waals surface area contributed by atoms with Crippen LogP contribution in [0.2, 0.25) is 0 Å². The fourth-order valence-electron chi connectivity index (χ4n) is 0.982. The van der Waals surface area contributed by atoms with Crippen molar-refractivity contribution < 1.29 is 19.7 Å². The lowest BCUT2D eigenvalue weighted by molar-refractivity contribution is -0.119. The van der Waals surface area contributed by atoms with Crippen LogP contribution < -0.4 is 0 Å². The summed E-state index contributed by atoms with van der Waals surface area (Å²) in [6.07, 6.45) is -1.09. The molecule has 0 spiro atoms. The molecule has 0 aromatic heterocycles. The van der Waals surface area contributed by atoms with Gasteiger partial charge in [-0.05, 0) is 0 Å². The van der Waals surface area contributed by atoms with E-state index in [0.717, 1.165) is 0 Å². The van der Waals surface area contributed by atoms with Gasteiger partial charge in [-0.25, -0.2) is 0 Å². The van der Waals surface area contributed by atoms with Crippen LogP contribution in [0.1, 0.15) is 0 Å². The maximum absolute atomic E-state index is 11.0. The molecule has 0 amide bonds. The van der Waals surface area contributed by atoms with Crippen molar-refractivity contribution in [1.29, 1.82) is 0 Å². The fraction of sp³-hybridized carbons (Fsp3) is 0.571. The lowest BCUT2D eigenvalue weighted by Crippen LogP contribution is -2.43. The summed E-state index contributed by atoms with van der Waals surface area (Å²) in [4.78, 5) is 10.3. The molecule has 0 fully saturated rings. The van der Waals surface area contributed by atoms with E-state index in [1.165, 1.54) is 13.2 Å². The van der Waals surface area contributed by atoms with Gasteiger partial charge in [0.25, 0.3) is 0 Å². The van der Waals surface area contributed by atoms with Gasteiger partial charge in [0.15, 0.2) is 5.78 Å². The van der Waals surface area contributed by atoms with E-state index in [2.05, 4.69) is 15.9 Å². The van der Waals surface area contributed by atoms with Crippen LogP contribution in [-0.2, 0) is 9.53 Å². The number of ketones is 1. The van der Waals surface area contributed by atoms with Gasteiger partial charge in [-0.3, -0.25) is 4.79 Å². The van der Waals surface area contributed by atoms with E-state index >= 15 is 0 Å². The Morgan fingerprint density at radius 3 is 2.67 bits per heavy atom. The van der Waals surface area contributed by atoms with Crippen LogP contribution in [0, 0.1) is 0 Å². The first-order valence-corrected chi connectivity index (χ1v) is 4.29. The van der Waals surface area contributed by atoms with Crippen molar-refractivity contribution in [2.45, 2.75) is 17.0 Å². The molecule has 0 saturated carbocycles. The van der Waals surface area contributed by atoms with Crippen molar-refractivity contribution in [2.24, 2.45) is 0 Å². The highest BCUT2D eigenvalue weighted by Crippen LogP contribution is 2.22. The van der Waals surface area contributed by atoms with Crippen LogP contribution in [0.25, 0.3) is 0 Å². The first kappa shape index (κ1) is 9.70. The highest BCUT2D eigenvalue weighted by molar-refractivity contribution is 9.10. The highest BCUT2D eigenvalue weighted by Gasteiger charge is 2.36. The van der Waals surface area contributed by atoms with E-state index in [-0.39, 0.29) is 11.5 Å². The monoisotopic (exact) mass is 236 g/mol. The minimum absolute atomic E-state index is 0.100. The third-order valence-corrected chi connectivity index (χ3v) is 2.70. The summed E-state index contributed by atoms with van der Waals surface area (Å²) in [5.41, 5.74) is 0. The topological polar surface area (TPSA) is 66.8 Å². The van der Waals surface area contributed by atoms with Crippen LogP contribution in [0.4, 0.5) is 0 Å². The Morgan fingerprint density at radius 2 is 2.17 bits per heavy atom. The van der Waals surface area contributed by atoms with Gasteiger partial charge in [-0.1, -0.05) is 15.9 Å². The number of alkyl halides is 1. The molecule has 0 aromatic rings. The lowest BCUT2D eigenvalue weighted by Gasteiger charge is -2.26. The van der Waals surface area contributed by atoms with Crippen LogP contribution in [0.5, 0.6) is 0 Å². The van der Waals surface area contributed by atoms with Crippen LogP contribution >= 0.6 is 15.9 Å². The zero-order valence-corrected chi connectivity index (χ0v) is 7.98. The van der Waals surface area contributed by atoms with Gasteiger partial charge in [0.05, 0.1) is 7.11 Å². The normalized spacial score (nSPS) is 36.2. The van der Waals surface area contributed by atoms with Gasteiger partial charge in [0, 0.05) is 6.08 Å². The summed E-state index contributed by atoms with van der Waals surface area (Å²) in [6.45, 7) is 0. The molecule has 1 rings (SSSR count). The summed E-state index contributed by atoms with van der Waals surface area (Å²) in [7, 11) is 1.34. The fourth-order valence-corrected chi connectivity index (χ4v) is 1.40. The van der Waals surface area contributed by atoms with Crippen LogP contribution in [0.15, 0.2) is 11.8 Å².